The number of carbonyl (C=O) groups is 2. The zero-order valence-corrected chi connectivity index (χ0v) is 11.5. The minimum Gasteiger partial charge on any atom is -0.384 e. The molecule has 1 saturated heterocycles. The predicted octanol–water partition coefficient (Wildman–Crippen LogP) is 0.130. The van der Waals surface area contributed by atoms with E-state index in [4.69, 9.17) is 5.11 Å². The van der Waals surface area contributed by atoms with Gasteiger partial charge in [0.25, 0.3) is 5.91 Å². The van der Waals surface area contributed by atoms with Gasteiger partial charge in [-0.3, -0.25) is 9.59 Å². The zero-order chi connectivity index (χ0) is 15.4. The average Bonchev–Trinajstić information content (AvgIpc) is 2.47. The van der Waals surface area contributed by atoms with Gasteiger partial charge in [-0.05, 0) is 25.1 Å². The number of aliphatic hydroxyl groups is 1. The van der Waals surface area contributed by atoms with E-state index in [1.807, 2.05) is 0 Å². The molecule has 6 heteroatoms. The Morgan fingerprint density at radius 1 is 1.57 bits per heavy atom. The highest BCUT2D eigenvalue weighted by atomic mass is 19.1. The van der Waals surface area contributed by atoms with Gasteiger partial charge in [-0.1, -0.05) is 11.8 Å². The molecule has 0 aliphatic carbocycles. The van der Waals surface area contributed by atoms with Crippen LogP contribution in [0.15, 0.2) is 18.2 Å². The van der Waals surface area contributed by atoms with E-state index in [0.717, 1.165) is 6.07 Å². The van der Waals surface area contributed by atoms with E-state index in [1.54, 1.807) is 6.92 Å². The third-order valence-electron chi connectivity index (χ3n) is 3.27. The lowest BCUT2D eigenvalue weighted by Gasteiger charge is -2.33. The average molecular weight is 290 g/mol. The van der Waals surface area contributed by atoms with Crippen molar-refractivity contribution in [1.29, 1.82) is 0 Å². The van der Waals surface area contributed by atoms with Crippen molar-refractivity contribution in [2.45, 2.75) is 13.0 Å². The van der Waals surface area contributed by atoms with E-state index >= 15 is 0 Å². The van der Waals surface area contributed by atoms with Gasteiger partial charge in [0, 0.05) is 18.7 Å². The van der Waals surface area contributed by atoms with Gasteiger partial charge >= 0.3 is 0 Å². The third kappa shape index (κ3) is 3.20. The van der Waals surface area contributed by atoms with E-state index < -0.39 is 11.9 Å². The van der Waals surface area contributed by atoms with Crippen molar-refractivity contribution in [3.63, 3.8) is 0 Å². The molecule has 0 radical (unpaired) electrons. The van der Waals surface area contributed by atoms with E-state index in [2.05, 4.69) is 17.2 Å². The van der Waals surface area contributed by atoms with Crippen LogP contribution in [-0.2, 0) is 4.79 Å². The van der Waals surface area contributed by atoms with Crippen LogP contribution in [0, 0.1) is 17.7 Å². The summed E-state index contributed by atoms with van der Waals surface area (Å²) in [7, 11) is 0. The summed E-state index contributed by atoms with van der Waals surface area (Å²) < 4.78 is 13.3. The Labute approximate surface area is 121 Å². The van der Waals surface area contributed by atoms with Gasteiger partial charge in [-0.15, -0.1) is 0 Å². The maximum atomic E-state index is 13.3. The molecule has 1 fully saturated rings. The summed E-state index contributed by atoms with van der Waals surface area (Å²) in [5.74, 6) is 3.85. The summed E-state index contributed by atoms with van der Waals surface area (Å²) in [5.41, 5.74) is 0.422. The Kier molecular flexibility index (Phi) is 4.55. The molecule has 2 rings (SSSR count). The minimum absolute atomic E-state index is 0.201. The van der Waals surface area contributed by atoms with Gasteiger partial charge in [0.1, 0.15) is 18.5 Å². The van der Waals surface area contributed by atoms with Gasteiger partial charge in [0.2, 0.25) is 5.91 Å². The highest BCUT2D eigenvalue weighted by molar-refractivity contribution is 6.00. The molecule has 0 saturated carbocycles. The summed E-state index contributed by atoms with van der Waals surface area (Å²) in [6.07, 6.45) is 0. The molecular formula is C15H15FN2O3. The van der Waals surface area contributed by atoms with E-state index in [9.17, 15) is 14.0 Å². The van der Waals surface area contributed by atoms with Gasteiger partial charge in [-0.25, -0.2) is 4.39 Å². The van der Waals surface area contributed by atoms with Crippen LogP contribution in [0.5, 0.6) is 0 Å². The number of hydrogen-bond donors (Lipinski definition) is 2. The number of halogens is 1. The van der Waals surface area contributed by atoms with Gasteiger partial charge in [0.05, 0.1) is 5.56 Å². The quantitative estimate of drug-likeness (QED) is 0.722. The SMILES string of the molecule is CC1C(=O)NCCN1C(=O)c1ccc(F)cc1C#CCO. The second kappa shape index (κ2) is 6.37. The molecule has 2 N–H and O–H groups in total. The molecule has 1 aliphatic rings. The number of amides is 2. The van der Waals surface area contributed by atoms with Crippen LogP contribution in [-0.4, -0.2) is 47.6 Å². The molecule has 1 heterocycles. The lowest BCUT2D eigenvalue weighted by Crippen LogP contribution is -2.55. The number of piperazine rings is 1. The van der Waals surface area contributed by atoms with Crippen molar-refractivity contribution in [1.82, 2.24) is 10.2 Å². The minimum atomic E-state index is -0.588. The largest absolute Gasteiger partial charge is 0.384 e. The molecular weight excluding hydrogens is 275 g/mol. The molecule has 5 nitrogen and oxygen atoms in total. The number of rotatable bonds is 1. The predicted molar refractivity (Wildman–Crippen MR) is 73.9 cm³/mol. The Balaban J connectivity index is 2.36. The monoisotopic (exact) mass is 290 g/mol. The number of aliphatic hydroxyl groups excluding tert-OH is 1. The second-order valence-electron chi connectivity index (χ2n) is 4.62. The van der Waals surface area contributed by atoms with E-state index in [1.165, 1.54) is 17.0 Å². The Morgan fingerprint density at radius 2 is 2.33 bits per heavy atom. The molecule has 1 unspecified atom stereocenters. The Hall–Kier alpha value is -2.39. The molecule has 1 atom stereocenters. The zero-order valence-electron chi connectivity index (χ0n) is 11.5. The van der Waals surface area contributed by atoms with Crippen LogP contribution in [0.2, 0.25) is 0 Å². The molecule has 1 aromatic rings. The van der Waals surface area contributed by atoms with Crippen molar-refractivity contribution in [2.24, 2.45) is 0 Å². The molecule has 0 aromatic heterocycles. The van der Waals surface area contributed by atoms with Crippen molar-refractivity contribution >= 4 is 11.8 Å². The van der Waals surface area contributed by atoms with Crippen LogP contribution >= 0.6 is 0 Å². The maximum absolute atomic E-state index is 13.3. The second-order valence-corrected chi connectivity index (χ2v) is 4.62. The molecule has 110 valence electrons. The summed E-state index contributed by atoms with van der Waals surface area (Å²) in [6, 6.07) is 3.07. The van der Waals surface area contributed by atoms with Crippen LogP contribution in [0.25, 0.3) is 0 Å². The smallest absolute Gasteiger partial charge is 0.255 e. The molecule has 0 spiro atoms. The first-order valence-corrected chi connectivity index (χ1v) is 6.52. The van der Waals surface area contributed by atoms with Crippen molar-refractivity contribution in [3.8, 4) is 11.8 Å². The fourth-order valence-corrected chi connectivity index (χ4v) is 2.16. The summed E-state index contributed by atoms with van der Waals surface area (Å²) >= 11 is 0. The Bertz CT molecular complexity index is 634. The first-order valence-electron chi connectivity index (χ1n) is 6.52. The lowest BCUT2D eigenvalue weighted by atomic mass is 10.0. The number of carbonyl (C=O) groups excluding carboxylic acids is 2. The van der Waals surface area contributed by atoms with Crippen LogP contribution < -0.4 is 5.32 Å². The van der Waals surface area contributed by atoms with E-state index in [-0.39, 0.29) is 29.5 Å². The van der Waals surface area contributed by atoms with Crippen molar-refractivity contribution in [2.75, 3.05) is 19.7 Å². The van der Waals surface area contributed by atoms with E-state index in [0.29, 0.717) is 13.1 Å². The molecule has 1 aliphatic heterocycles. The highest BCUT2D eigenvalue weighted by Gasteiger charge is 2.30. The van der Waals surface area contributed by atoms with Gasteiger partial charge in [0.15, 0.2) is 0 Å². The third-order valence-corrected chi connectivity index (χ3v) is 3.27. The summed E-state index contributed by atoms with van der Waals surface area (Å²) in [6.45, 7) is 2.02. The molecule has 1 aromatic carbocycles. The fraction of sp³-hybridized carbons (Fsp3) is 0.333. The summed E-state index contributed by atoms with van der Waals surface area (Å²) in [4.78, 5) is 25.6. The normalized spacial score (nSPS) is 17.8. The number of hydrogen-bond acceptors (Lipinski definition) is 3. The van der Waals surface area contributed by atoms with Crippen molar-refractivity contribution < 1.29 is 19.1 Å². The van der Waals surface area contributed by atoms with Crippen LogP contribution in [0.4, 0.5) is 4.39 Å². The van der Waals surface area contributed by atoms with Crippen molar-refractivity contribution in [3.05, 3.63) is 35.1 Å². The summed E-state index contributed by atoms with van der Waals surface area (Å²) in [5, 5.41) is 11.4. The number of nitrogens with zero attached hydrogens (tertiary/aromatic N) is 1. The fourth-order valence-electron chi connectivity index (χ4n) is 2.16. The number of nitrogens with one attached hydrogen (secondary N) is 1. The standard InChI is InChI=1S/C15H15FN2O3/c1-10-14(20)17-6-7-18(10)15(21)13-5-4-12(16)9-11(13)3-2-8-19/h4-5,9-10,19H,6-8H2,1H3,(H,17,20). The van der Waals surface area contributed by atoms with Crippen LogP contribution in [0.1, 0.15) is 22.8 Å². The van der Waals surface area contributed by atoms with Gasteiger partial charge < -0.3 is 15.3 Å². The molecule has 21 heavy (non-hydrogen) atoms. The first kappa shape index (κ1) is 15.0. The van der Waals surface area contributed by atoms with Gasteiger partial charge in [-0.2, -0.15) is 0 Å². The lowest BCUT2D eigenvalue weighted by molar-refractivity contribution is -0.127. The Morgan fingerprint density at radius 3 is 3.05 bits per heavy atom. The maximum Gasteiger partial charge on any atom is 0.255 e. The molecule has 0 bridgehead atoms. The molecule has 2 amide bonds. The number of benzene rings is 1. The van der Waals surface area contributed by atoms with Crippen LogP contribution in [0.3, 0.4) is 0 Å². The highest BCUT2D eigenvalue weighted by Crippen LogP contribution is 2.16. The topological polar surface area (TPSA) is 69.6 Å². The first-order chi connectivity index (χ1) is 10.0.